The number of nitrogens with one attached hydrogen (secondary N) is 1. The zero-order valence-corrected chi connectivity index (χ0v) is 17.1. The molecule has 10 nitrogen and oxygen atoms in total. The van der Waals surface area contributed by atoms with Gasteiger partial charge in [-0.05, 0) is 18.6 Å². The lowest BCUT2D eigenvalue weighted by Crippen LogP contribution is -2.58. The number of aliphatic imine (C=N–C) groups is 1. The number of imide groups is 2. The summed E-state index contributed by atoms with van der Waals surface area (Å²) in [7, 11) is 2.90. The van der Waals surface area contributed by atoms with Crippen LogP contribution in [0.15, 0.2) is 23.2 Å². The van der Waals surface area contributed by atoms with Crippen molar-refractivity contribution in [2.45, 2.75) is 6.42 Å². The van der Waals surface area contributed by atoms with Gasteiger partial charge in [0.2, 0.25) is 5.91 Å². The summed E-state index contributed by atoms with van der Waals surface area (Å²) in [4.78, 5) is 45.0. The molecule has 0 aromatic heterocycles. The van der Waals surface area contributed by atoms with Gasteiger partial charge in [0.1, 0.15) is 11.5 Å². The summed E-state index contributed by atoms with van der Waals surface area (Å²) in [6, 6.07) is 3.89. The number of barbiturate groups is 1. The van der Waals surface area contributed by atoms with Crippen molar-refractivity contribution in [2.24, 2.45) is 10.9 Å². The molecule has 2 fully saturated rings. The highest BCUT2D eigenvalue weighted by molar-refractivity contribution is 6.33. The number of carbonyl (C=O) groups is 3. The monoisotopic (exact) mass is 418 g/mol. The number of hydrogen-bond acceptors (Lipinski definition) is 8. The van der Waals surface area contributed by atoms with E-state index in [4.69, 9.17) is 14.2 Å². The Bertz CT molecular complexity index is 822. The average Bonchev–Trinajstić information content (AvgIpc) is 2.76. The van der Waals surface area contributed by atoms with E-state index in [1.165, 1.54) is 26.5 Å². The molecule has 2 aliphatic heterocycles. The van der Waals surface area contributed by atoms with E-state index >= 15 is 0 Å². The number of benzene rings is 1. The lowest BCUT2D eigenvalue weighted by molar-refractivity contribution is -0.131. The predicted octanol–water partition coefficient (Wildman–Crippen LogP) is 0.696. The van der Waals surface area contributed by atoms with Gasteiger partial charge in [-0.2, -0.15) is 0 Å². The van der Waals surface area contributed by atoms with E-state index in [9.17, 15) is 14.4 Å². The highest BCUT2D eigenvalue weighted by Crippen LogP contribution is 2.34. The van der Waals surface area contributed by atoms with Crippen molar-refractivity contribution in [3.05, 3.63) is 18.2 Å². The summed E-state index contributed by atoms with van der Waals surface area (Å²) in [5.74, 6) is -1.83. The maximum Gasteiger partial charge on any atom is 0.335 e. The second-order valence-corrected chi connectivity index (χ2v) is 6.85. The average molecular weight is 418 g/mol. The van der Waals surface area contributed by atoms with Crippen LogP contribution in [-0.2, 0) is 14.3 Å². The minimum atomic E-state index is -1.19. The molecule has 0 aliphatic carbocycles. The molecule has 0 radical (unpaired) electrons. The van der Waals surface area contributed by atoms with Crippen LogP contribution in [0.4, 0.5) is 10.5 Å². The summed E-state index contributed by atoms with van der Waals surface area (Å²) >= 11 is 0. The minimum absolute atomic E-state index is 0.192. The van der Waals surface area contributed by atoms with Crippen LogP contribution in [0.3, 0.4) is 0 Å². The van der Waals surface area contributed by atoms with Crippen LogP contribution in [0.25, 0.3) is 0 Å². The van der Waals surface area contributed by atoms with Gasteiger partial charge in [-0.25, -0.2) is 9.69 Å². The molecule has 10 heteroatoms. The largest absolute Gasteiger partial charge is 0.497 e. The Kier molecular flexibility index (Phi) is 7.36. The summed E-state index contributed by atoms with van der Waals surface area (Å²) in [6.07, 6.45) is 2.11. The normalized spacial score (nSPS) is 20.5. The number of hydrogen-bond donors (Lipinski definition) is 1. The first-order chi connectivity index (χ1) is 14.5. The summed E-state index contributed by atoms with van der Waals surface area (Å²) in [6.45, 7) is 4.61. The molecule has 1 atom stereocenters. The maximum atomic E-state index is 13.0. The fraction of sp³-hybridized carbons (Fsp3) is 0.500. The van der Waals surface area contributed by atoms with Crippen molar-refractivity contribution in [1.29, 1.82) is 0 Å². The van der Waals surface area contributed by atoms with E-state index in [2.05, 4.69) is 15.2 Å². The molecule has 1 aromatic carbocycles. The van der Waals surface area contributed by atoms with Crippen molar-refractivity contribution >= 4 is 29.7 Å². The first-order valence-corrected chi connectivity index (χ1v) is 9.76. The van der Waals surface area contributed by atoms with Crippen LogP contribution in [0.5, 0.6) is 11.5 Å². The molecule has 2 saturated heterocycles. The molecule has 2 heterocycles. The number of anilines is 1. The third-order valence-corrected chi connectivity index (χ3v) is 4.95. The van der Waals surface area contributed by atoms with Gasteiger partial charge in [-0.15, -0.1) is 0 Å². The Morgan fingerprint density at radius 2 is 1.97 bits per heavy atom. The van der Waals surface area contributed by atoms with Crippen molar-refractivity contribution in [1.82, 2.24) is 10.2 Å². The van der Waals surface area contributed by atoms with Gasteiger partial charge in [0.15, 0.2) is 5.92 Å². The highest BCUT2D eigenvalue weighted by Gasteiger charge is 2.41. The maximum absolute atomic E-state index is 13.0. The number of nitrogens with zero attached hydrogens (tertiary/aromatic N) is 3. The van der Waals surface area contributed by atoms with Gasteiger partial charge in [0.25, 0.3) is 5.91 Å². The van der Waals surface area contributed by atoms with E-state index in [0.717, 1.165) is 44.2 Å². The van der Waals surface area contributed by atoms with Crippen LogP contribution in [0.1, 0.15) is 6.42 Å². The molecule has 0 unspecified atom stereocenters. The highest BCUT2D eigenvalue weighted by atomic mass is 16.5. The topological polar surface area (TPSA) is 110 Å². The summed E-state index contributed by atoms with van der Waals surface area (Å²) in [5, 5.41) is 2.21. The fourth-order valence-corrected chi connectivity index (χ4v) is 3.31. The Balaban J connectivity index is 1.68. The third kappa shape index (κ3) is 4.95. The number of carbonyl (C=O) groups excluding carboxylic acids is 3. The molecular weight excluding hydrogens is 392 g/mol. The SMILES string of the molecule is COc1ccc(OC)c(N2C(=O)NC(=O)[C@H](C=NCCCN3CCOCC3)C2=O)c1. The number of morpholine rings is 1. The molecule has 3 rings (SSSR count). The van der Waals surface area contributed by atoms with Crippen molar-refractivity contribution < 1.29 is 28.6 Å². The summed E-state index contributed by atoms with van der Waals surface area (Å²) < 4.78 is 15.8. The van der Waals surface area contributed by atoms with Crippen LogP contribution >= 0.6 is 0 Å². The van der Waals surface area contributed by atoms with E-state index in [1.807, 2.05) is 0 Å². The molecule has 4 amide bonds. The number of amides is 4. The molecule has 0 bridgehead atoms. The lowest BCUT2D eigenvalue weighted by atomic mass is 10.1. The zero-order valence-electron chi connectivity index (χ0n) is 17.1. The summed E-state index contributed by atoms with van der Waals surface area (Å²) in [5.41, 5.74) is 0.192. The Morgan fingerprint density at radius 3 is 2.67 bits per heavy atom. The molecule has 1 aromatic rings. The fourth-order valence-electron chi connectivity index (χ4n) is 3.31. The van der Waals surface area contributed by atoms with E-state index < -0.39 is 23.8 Å². The van der Waals surface area contributed by atoms with E-state index in [-0.39, 0.29) is 5.69 Å². The van der Waals surface area contributed by atoms with Gasteiger partial charge in [-0.3, -0.25) is 24.8 Å². The second kappa shape index (κ2) is 10.2. The second-order valence-electron chi connectivity index (χ2n) is 6.85. The smallest absolute Gasteiger partial charge is 0.335 e. The van der Waals surface area contributed by atoms with Crippen LogP contribution in [0.2, 0.25) is 0 Å². The molecule has 0 spiro atoms. The Hall–Kier alpha value is -2.98. The van der Waals surface area contributed by atoms with E-state index in [1.54, 1.807) is 12.1 Å². The minimum Gasteiger partial charge on any atom is -0.497 e. The van der Waals surface area contributed by atoms with Gasteiger partial charge in [0, 0.05) is 38.5 Å². The van der Waals surface area contributed by atoms with Crippen molar-refractivity contribution in [2.75, 3.05) is 58.5 Å². The van der Waals surface area contributed by atoms with Gasteiger partial charge < -0.3 is 14.2 Å². The lowest BCUT2D eigenvalue weighted by Gasteiger charge is -2.29. The first kappa shape index (κ1) is 21.7. The molecule has 1 N–H and O–H groups in total. The van der Waals surface area contributed by atoms with Crippen molar-refractivity contribution in [3.8, 4) is 11.5 Å². The number of methoxy groups -OCH3 is 2. The molecule has 2 aliphatic rings. The van der Waals surface area contributed by atoms with Crippen LogP contribution in [0, 0.1) is 5.92 Å². The van der Waals surface area contributed by atoms with Crippen LogP contribution in [-0.4, -0.2) is 82.6 Å². The third-order valence-electron chi connectivity index (χ3n) is 4.95. The number of rotatable bonds is 8. The number of urea groups is 1. The molecule has 0 saturated carbocycles. The van der Waals surface area contributed by atoms with Gasteiger partial charge in [-0.1, -0.05) is 0 Å². The Labute approximate surface area is 174 Å². The van der Waals surface area contributed by atoms with Crippen molar-refractivity contribution in [3.63, 3.8) is 0 Å². The van der Waals surface area contributed by atoms with Gasteiger partial charge >= 0.3 is 6.03 Å². The predicted molar refractivity (Wildman–Crippen MR) is 109 cm³/mol. The molecule has 30 heavy (non-hydrogen) atoms. The quantitative estimate of drug-likeness (QED) is 0.376. The standard InChI is InChI=1S/C20H26N4O6/c1-28-14-4-5-17(29-2)16(12-14)24-19(26)15(18(25)22-20(24)27)13-21-6-3-7-23-8-10-30-11-9-23/h4-5,12-13,15H,3,6-11H2,1-2H3,(H,22,25,27)/t15-/m0/s1. The Morgan fingerprint density at radius 1 is 1.20 bits per heavy atom. The van der Waals surface area contributed by atoms with Gasteiger partial charge in [0.05, 0.1) is 33.1 Å². The first-order valence-electron chi connectivity index (χ1n) is 9.76. The van der Waals surface area contributed by atoms with E-state index in [0.29, 0.717) is 18.0 Å². The zero-order chi connectivity index (χ0) is 21.5. The number of ether oxygens (including phenoxy) is 3. The molecular formula is C20H26N4O6. The molecule has 162 valence electrons. The van der Waals surface area contributed by atoms with Crippen LogP contribution < -0.4 is 19.7 Å².